The van der Waals surface area contributed by atoms with Gasteiger partial charge in [-0.25, -0.2) is 13.2 Å². The minimum Gasteiger partial charge on any atom is -0.480 e. The van der Waals surface area contributed by atoms with Crippen LogP contribution >= 0.6 is 0 Å². The molecule has 120 valence electrons. The third-order valence-electron chi connectivity index (χ3n) is 3.88. The largest absolute Gasteiger partial charge is 0.480 e. The van der Waals surface area contributed by atoms with E-state index in [2.05, 4.69) is 0 Å². The summed E-state index contributed by atoms with van der Waals surface area (Å²) in [7, 11) is -3.25. The minimum absolute atomic E-state index is 0.0271. The number of carbonyl (C=O) groups excluding carboxylic acids is 1. The maximum absolute atomic E-state index is 12.2. The lowest BCUT2D eigenvalue weighted by atomic mass is 10.1. The topological polar surface area (TPSA) is 91.8 Å². The molecule has 0 aromatic heterocycles. The molecule has 0 aliphatic carbocycles. The molecule has 1 saturated heterocycles. The maximum Gasteiger partial charge on any atom is 0.326 e. The molecule has 1 amide bonds. The summed E-state index contributed by atoms with van der Waals surface area (Å²) in [6.07, 6.45) is 1.25. The Morgan fingerprint density at radius 1 is 1.27 bits per heavy atom. The van der Waals surface area contributed by atoms with E-state index < -0.39 is 21.8 Å². The summed E-state index contributed by atoms with van der Waals surface area (Å²) < 4.78 is 23.4. The Bertz CT molecular complexity index is 666. The first kappa shape index (κ1) is 16.5. The lowest BCUT2D eigenvalue weighted by Gasteiger charge is -2.21. The van der Waals surface area contributed by atoms with Crippen molar-refractivity contribution in [2.24, 2.45) is 0 Å². The zero-order chi connectivity index (χ0) is 16.3. The van der Waals surface area contributed by atoms with Gasteiger partial charge in [-0.1, -0.05) is 19.1 Å². The van der Waals surface area contributed by atoms with Crippen LogP contribution in [0.2, 0.25) is 0 Å². The second kappa shape index (κ2) is 6.48. The van der Waals surface area contributed by atoms with Gasteiger partial charge in [-0.2, -0.15) is 0 Å². The van der Waals surface area contributed by atoms with Gasteiger partial charge in [-0.15, -0.1) is 0 Å². The van der Waals surface area contributed by atoms with E-state index in [1.165, 1.54) is 17.0 Å². The Labute approximate surface area is 129 Å². The van der Waals surface area contributed by atoms with E-state index in [-0.39, 0.29) is 23.0 Å². The average molecular weight is 325 g/mol. The molecule has 6 nitrogen and oxygen atoms in total. The van der Waals surface area contributed by atoms with E-state index >= 15 is 0 Å². The Morgan fingerprint density at radius 2 is 1.91 bits per heavy atom. The molecule has 22 heavy (non-hydrogen) atoms. The number of benzene rings is 1. The molecule has 1 aliphatic rings. The Morgan fingerprint density at radius 3 is 2.45 bits per heavy atom. The van der Waals surface area contributed by atoms with Crippen molar-refractivity contribution < 1.29 is 23.1 Å². The van der Waals surface area contributed by atoms with Gasteiger partial charge in [0.15, 0.2) is 9.84 Å². The number of hydrogen-bond donors (Lipinski definition) is 1. The SMILES string of the molecule is CCS(=O)(=O)c1ccc(CC(=O)N2CCC[C@@H]2C(=O)O)cc1. The molecule has 0 unspecified atom stereocenters. The summed E-state index contributed by atoms with van der Waals surface area (Å²) in [5.74, 6) is -1.19. The van der Waals surface area contributed by atoms with Gasteiger partial charge >= 0.3 is 5.97 Å². The van der Waals surface area contributed by atoms with Crippen LogP contribution in [0.4, 0.5) is 0 Å². The van der Waals surface area contributed by atoms with Crippen molar-refractivity contribution in [3.8, 4) is 0 Å². The summed E-state index contributed by atoms with van der Waals surface area (Å²) in [4.78, 5) is 24.9. The first-order valence-corrected chi connectivity index (χ1v) is 8.84. The molecule has 7 heteroatoms. The summed E-state index contributed by atoms with van der Waals surface area (Å²) in [5, 5.41) is 9.09. The number of carboxylic acids is 1. The molecule has 1 N–H and O–H groups in total. The Balaban J connectivity index is 2.08. The monoisotopic (exact) mass is 325 g/mol. The minimum atomic E-state index is -3.25. The number of carboxylic acid groups (broad SMARTS) is 1. The van der Waals surface area contributed by atoms with Gasteiger partial charge < -0.3 is 10.0 Å². The molecule has 0 spiro atoms. The number of hydrogen-bond acceptors (Lipinski definition) is 4. The van der Waals surface area contributed by atoms with Gasteiger partial charge in [0.2, 0.25) is 5.91 Å². The van der Waals surface area contributed by atoms with Crippen molar-refractivity contribution in [1.29, 1.82) is 0 Å². The molecule has 1 aromatic rings. The van der Waals surface area contributed by atoms with Gasteiger partial charge in [-0.3, -0.25) is 4.79 Å². The summed E-state index contributed by atoms with van der Waals surface area (Å²) >= 11 is 0. The van der Waals surface area contributed by atoms with Crippen LogP contribution in [0.25, 0.3) is 0 Å². The molecule has 2 rings (SSSR count). The van der Waals surface area contributed by atoms with Crippen LogP contribution in [-0.2, 0) is 25.8 Å². The fraction of sp³-hybridized carbons (Fsp3) is 0.467. The van der Waals surface area contributed by atoms with Gasteiger partial charge in [-0.05, 0) is 30.5 Å². The molecular formula is C15H19NO5S. The van der Waals surface area contributed by atoms with Crippen LogP contribution in [0.5, 0.6) is 0 Å². The van der Waals surface area contributed by atoms with Crippen LogP contribution in [0.15, 0.2) is 29.2 Å². The number of carbonyl (C=O) groups is 2. The van der Waals surface area contributed by atoms with Crippen LogP contribution in [0.1, 0.15) is 25.3 Å². The zero-order valence-electron chi connectivity index (χ0n) is 12.4. The van der Waals surface area contributed by atoms with Crippen LogP contribution in [0, 0.1) is 0 Å². The van der Waals surface area contributed by atoms with Gasteiger partial charge in [0.05, 0.1) is 17.1 Å². The van der Waals surface area contributed by atoms with E-state index in [4.69, 9.17) is 5.11 Å². The molecule has 0 bridgehead atoms. The molecule has 1 aliphatic heterocycles. The Kier molecular flexibility index (Phi) is 4.85. The average Bonchev–Trinajstić information content (AvgIpc) is 2.97. The number of likely N-dealkylation sites (tertiary alicyclic amines) is 1. The number of sulfone groups is 1. The molecule has 1 heterocycles. The van der Waals surface area contributed by atoms with Crippen molar-refractivity contribution in [2.75, 3.05) is 12.3 Å². The van der Waals surface area contributed by atoms with E-state index in [1.807, 2.05) is 0 Å². The highest BCUT2D eigenvalue weighted by Gasteiger charge is 2.33. The van der Waals surface area contributed by atoms with E-state index in [1.54, 1.807) is 19.1 Å². The standard InChI is InChI=1S/C15H19NO5S/c1-2-22(20,21)12-7-5-11(6-8-12)10-14(17)16-9-3-4-13(16)15(18)19/h5-8,13H,2-4,9-10H2,1H3,(H,18,19)/t13-/m1/s1. The highest BCUT2D eigenvalue weighted by atomic mass is 32.2. The van der Waals surface area contributed by atoms with E-state index in [0.717, 1.165) is 0 Å². The lowest BCUT2D eigenvalue weighted by Crippen LogP contribution is -2.41. The lowest BCUT2D eigenvalue weighted by molar-refractivity contribution is -0.148. The van der Waals surface area contributed by atoms with Crippen molar-refractivity contribution >= 4 is 21.7 Å². The third-order valence-corrected chi connectivity index (χ3v) is 5.63. The van der Waals surface area contributed by atoms with Crippen LogP contribution in [-0.4, -0.2) is 48.6 Å². The second-order valence-electron chi connectivity index (χ2n) is 5.31. The highest BCUT2D eigenvalue weighted by molar-refractivity contribution is 7.91. The summed E-state index contributed by atoms with van der Waals surface area (Å²) in [5.41, 5.74) is 0.677. The zero-order valence-corrected chi connectivity index (χ0v) is 13.2. The number of aliphatic carboxylic acids is 1. The number of rotatable bonds is 5. The van der Waals surface area contributed by atoms with E-state index in [9.17, 15) is 18.0 Å². The highest BCUT2D eigenvalue weighted by Crippen LogP contribution is 2.19. The smallest absolute Gasteiger partial charge is 0.326 e. The second-order valence-corrected chi connectivity index (χ2v) is 7.59. The van der Waals surface area contributed by atoms with Crippen LogP contribution in [0.3, 0.4) is 0 Å². The molecule has 0 radical (unpaired) electrons. The molecule has 1 atom stereocenters. The Hall–Kier alpha value is -1.89. The summed E-state index contributed by atoms with van der Waals surface area (Å²) in [6.45, 7) is 2.03. The predicted octanol–water partition coefficient (Wildman–Crippen LogP) is 1.10. The van der Waals surface area contributed by atoms with Gasteiger partial charge in [0, 0.05) is 6.54 Å². The van der Waals surface area contributed by atoms with Gasteiger partial charge in [0.1, 0.15) is 6.04 Å². The fourth-order valence-corrected chi connectivity index (χ4v) is 3.46. The number of nitrogens with zero attached hydrogens (tertiary/aromatic N) is 1. The summed E-state index contributed by atoms with van der Waals surface area (Å²) in [6, 6.07) is 5.44. The van der Waals surface area contributed by atoms with Crippen molar-refractivity contribution in [1.82, 2.24) is 4.90 Å². The number of amides is 1. The quantitative estimate of drug-likeness (QED) is 0.875. The third kappa shape index (κ3) is 3.47. The molecular weight excluding hydrogens is 306 g/mol. The van der Waals surface area contributed by atoms with Crippen molar-refractivity contribution in [3.63, 3.8) is 0 Å². The predicted molar refractivity (Wildman–Crippen MR) is 80.2 cm³/mol. The first-order chi connectivity index (χ1) is 10.3. The maximum atomic E-state index is 12.2. The normalized spacial score (nSPS) is 18.4. The van der Waals surface area contributed by atoms with E-state index in [0.29, 0.717) is 24.9 Å². The van der Waals surface area contributed by atoms with Gasteiger partial charge in [0.25, 0.3) is 0 Å². The first-order valence-electron chi connectivity index (χ1n) is 7.19. The molecule has 1 fully saturated rings. The van der Waals surface area contributed by atoms with Crippen molar-refractivity contribution in [3.05, 3.63) is 29.8 Å². The van der Waals surface area contributed by atoms with Crippen LogP contribution < -0.4 is 0 Å². The van der Waals surface area contributed by atoms with Crippen molar-refractivity contribution in [2.45, 2.75) is 37.1 Å². The fourth-order valence-electron chi connectivity index (χ4n) is 2.58. The molecule has 0 saturated carbocycles. The molecule has 1 aromatic carbocycles.